The van der Waals surface area contributed by atoms with Crippen LogP contribution in [0.1, 0.15) is 5.56 Å². The SMILES string of the molecule is O=C1CNCC2Cc3cc(Cl)ccc3N12. The molecule has 1 N–H and O–H groups in total. The van der Waals surface area contributed by atoms with Gasteiger partial charge in [-0.3, -0.25) is 4.79 Å². The molecule has 1 unspecified atom stereocenters. The van der Waals surface area contributed by atoms with Crippen molar-refractivity contribution < 1.29 is 4.79 Å². The first kappa shape index (κ1) is 9.19. The molecule has 1 aromatic rings. The highest BCUT2D eigenvalue weighted by Gasteiger charge is 2.35. The minimum Gasteiger partial charge on any atom is -0.306 e. The summed E-state index contributed by atoms with van der Waals surface area (Å²) in [4.78, 5) is 13.7. The van der Waals surface area contributed by atoms with E-state index in [1.807, 2.05) is 23.1 Å². The Morgan fingerprint density at radius 3 is 3.20 bits per heavy atom. The van der Waals surface area contributed by atoms with Crippen LogP contribution in [-0.2, 0) is 11.2 Å². The van der Waals surface area contributed by atoms with E-state index in [2.05, 4.69) is 5.32 Å². The first-order valence-electron chi connectivity index (χ1n) is 5.07. The van der Waals surface area contributed by atoms with Crippen molar-refractivity contribution >= 4 is 23.2 Å². The Kier molecular flexibility index (Phi) is 1.97. The third-order valence-corrected chi connectivity index (χ3v) is 3.28. The molecule has 1 fully saturated rings. The summed E-state index contributed by atoms with van der Waals surface area (Å²) in [5, 5.41) is 3.88. The van der Waals surface area contributed by atoms with Crippen molar-refractivity contribution in [1.29, 1.82) is 0 Å². The van der Waals surface area contributed by atoms with Gasteiger partial charge in [0.1, 0.15) is 0 Å². The molecule has 15 heavy (non-hydrogen) atoms. The van der Waals surface area contributed by atoms with Gasteiger partial charge in [0.25, 0.3) is 0 Å². The van der Waals surface area contributed by atoms with Crippen molar-refractivity contribution in [1.82, 2.24) is 5.32 Å². The van der Waals surface area contributed by atoms with Gasteiger partial charge >= 0.3 is 0 Å². The molecule has 1 aromatic carbocycles. The number of carbonyl (C=O) groups is 1. The first-order valence-corrected chi connectivity index (χ1v) is 5.45. The summed E-state index contributed by atoms with van der Waals surface area (Å²) in [6, 6.07) is 6.03. The van der Waals surface area contributed by atoms with Crippen molar-refractivity contribution in [2.45, 2.75) is 12.5 Å². The second-order valence-electron chi connectivity index (χ2n) is 4.03. The van der Waals surface area contributed by atoms with Crippen molar-refractivity contribution in [3.63, 3.8) is 0 Å². The van der Waals surface area contributed by atoms with E-state index in [0.29, 0.717) is 6.54 Å². The van der Waals surface area contributed by atoms with Gasteiger partial charge in [0.05, 0.1) is 12.6 Å². The molecule has 0 radical (unpaired) electrons. The standard InChI is InChI=1S/C11H11ClN2O/c12-8-1-2-10-7(3-8)4-9-5-13-6-11(15)14(9)10/h1-3,9,13H,4-6H2. The highest BCUT2D eigenvalue weighted by atomic mass is 35.5. The lowest BCUT2D eigenvalue weighted by Gasteiger charge is -2.30. The van der Waals surface area contributed by atoms with Crippen LogP contribution in [0.5, 0.6) is 0 Å². The van der Waals surface area contributed by atoms with E-state index in [-0.39, 0.29) is 11.9 Å². The van der Waals surface area contributed by atoms with Gasteiger partial charge in [-0.2, -0.15) is 0 Å². The summed E-state index contributed by atoms with van der Waals surface area (Å²) in [6.07, 6.45) is 0.911. The Balaban J connectivity index is 2.07. The Labute approximate surface area is 93.0 Å². The predicted octanol–water partition coefficient (Wildman–Crippen LogP) is 1.20. The van der Waals surface area contributed by atoms with E-state index >= 15 is 0 Å². The largest absolute Gasteiger partial charge is 0.306 e. The molecule has 2 heterocycles. The second kappa shape index (κ2) is 3.22. The number of amides is 1. The Bertz CT molecular complexity index is 433. The molecule has 0 aliphatic carbocycles. The van der Waals surface area contributed by atoms with Crippen LogP contribution in [0.15, 0.2) is 18.2 Å². The van der Waals surface area contributed by atoms with Crippen LogP contribution in [0.3, 0.4) is 0 Å². The number of anilines is 1. The van der Waals surface area contributed by atoms with Crippen molar-refractivity contribution in [3.8, 4) is 0 Å². The van der Waals surface area contributed by atoms with Crippen LogP contribution >= 0.6 is 11.6 Å². The maximum absolute atomic E-state index is 11.8. The molecule has 1 saturated heterocycles. The fourth-order valence-corrected chi connectivity index (χ4v) is 2.62. The second-order valence-corrected chi connectivity index (χ2v) is 4.46. The van der Waals surface area contributed by atoms with Crippen LogP contribution < -0.4 is 10.2 Å². The van der Waals surface area contributed by atoms with E-state index < -0.39 is 0 Å². The van der Waals surface area contributed by atoms with Gasteiger partial charge in [-0.25, -0.2) is 0 Å². The van der Waals surface area contributed by atoms with E-state index in [4.69, 9.17) is 11.6 Å². The normalized spacial score (nSPS) is 23.9. The number of hydrogen-bond donors (Lipinski definition) is 1. The Hall–Kier alpha value is -1.06. The van der Waals surface area contributed by atoms with Crippen molar-refractivity contribution in [2.24, 2.45) is 0 Å². The molecule has 4 heteroatoms. The zero-order chi connectivity index (χ0) is 10.4. The van der Waals surface area contributed by atoms with Gasteiger partial charge < -0.3 is 10.2 Å². The molecule has 3 rings (SSSR count). The fraction of sp³-hybridized carbons (Fsp3) is 0.364. The third kappa shape index (κ3) is 1.34. The average Bonchev–Trinajstić information content (AvgIpc) is 2.56. The van der Waals surface area contributed by atoms with Gasteiger partial charge in [0, 0.05) is 17.3 Å². The lowest BCUT2D eigenvalue weighted by molar-refractivity contribution is -0.119. The topological polar surface area (TPSA) is 32.3 Å². The first-order chi connectivity index (χ1) is 7.25. The quantitative estimate of drug-likeness (QED) is 0.716. The molecule has 2 aliphatic heterocycles. The Morgan fingerprint density at radius 1 is 1.47 bits per heavy atom. The molecule has 0 spiro atoms. The van der Waals surface area contributed by atoms with E-state index in [0.717, 1.165) is 23.7 Å². The Morgan fingerprint density at radius 2 is 2.33 bits per heavy atom. The number of nitrogens with zero attached hydrogens (tertiary/aromatic N) is 1. The highest BCUT2D eigenvalue weighted by molar-refractivity contribution is 6.30. The molecule has 0 bridgehead atoms. The van der Waals surface area contributed by atoms with Crippen LogP contribution in [0.4, 0.5) is 5.69 Å². The number of halogens is 1. The lowest BCUT2D eigenvalue weighted by Crippen LogP contribution is -2.53. The molecule has 1 amide bonds. The highest BCUT2D eigenvalue weighted by Crippen LogP contribution is 2.34. The summed E-state index contributed by atoms with van der Waals surface area (Å²) in [6.45, 7) is 1.32. The maximum Gasteiger partial charge on any atom is 0.241 e. The molecule has 0 aromatic heterocycles. The zero-order valence-electron chi connectivity index (χ0n) is 8.16. The predicted molar refractivity (Wildman–Crippen MR) is 59.3 cm³/mol. The van der Waals surface area contributed by atoms with Gasteiger partial charge in [-0.1, -0.05) is 11.6 Å². The lowest BCUT2D eigenvalue weighted by atomic mass is 10.1. The van der Waals surface area contributed by atoms with Gasteiger partial charge in [0.2, 0.25) is 5.91 Å². The number of piperazine rings is 1. The van der Waals surface area contributed by atoms with Crippen LogP contribution in [0.25, 0.3) is 0 Å². The van der Waals surface area contributed by atoms with Crippen molar-refractivity contribution in [3.05, 3.63) is 28.8 Å². The monoisotopic (exact) mass is 222 g/mol. The number of nitrogens with one attached hydrogen (secondary N) is 1. The molecule has 0 saturated carbocycles. The summed E-state index contributed by atoms with van der Waals surface area (Å²) in [7, 11) is 0. The zero-order valence-corrected chi connectivity index (χ0v) is 8.92. The van der Waals surface area contributed by atoms with E-state index in [1.165, 1.54) is 5.56 Å². The van der Waals surface area contributed by atoms with E-state index in [9.17, 15) is 4.79 Å². The average molecular weight is 223 g/mol. The molecular weight excluding hydrogens is 212 g/mol. The molecule has 78 valence electrons. The molecule has 1 atom stereocenters. The molecule has 3 nitrogen and oxygen atoms in total. The van der Waals surface area contributed by atoms with Gasteiger partial charge in [-0.05, 0) is 30.2 Å². The van der Waals surface area contributed by atoms with Gasteiger partial charge in [-0.15, -0.1) is 0 Å². The number of fused-ring (bicyclic) bond motifs is 3. The number of carbonyl (C=O) groups excluding carboxylic acids is 1. The smallest absolute Gasteiger partial charge is 0.241 e. The van der Waals surface area contributed by atoms with Crippen LogP contribution in [0, 0.1) is 0 Å². The summed E-state index contributed by atoms with van der Waals surface area (Å²) < 4.78 is 0. The van der Waals surface area contributed by atoms with Gasteiger partial charge in [0.15, 0.2) is 0 Å². The number of hydrogen-bond acceptors (Lipinski definition) is 2. The molecular formula is C11H11ClN2O. The number of benzene rings is 1. The number of rotatable bonds is 0. The van der Waals surface area contributed by atoms with Crippen LogP contribution in [0.2, 0.25) is 5.02 Å². The fourth-order valence-electron chi connectivity index (χ4n) is 2.43. The maximum atomic E-state index is 11.8. The van der Waals surface area contributed by atoms with Crippen molar-refractivity contribution in [2.75, 3.05) is 18.0 Å². The van der Waals surface area contributed by atoms with E-state index in [1.54, 1.807) is 0 Å². The van der Waals surface area contributed by atoms with Crippen LogP contribution in [-0.4, -0.2) is 25.0 Å². The summed E-state index contributed by atoms with van der Waals surface area (Å²) >= 11 is 5.94. The minimum atomic E-state index is 0.160. The summed E-state index contributed by atoms with van der Waals surface area (Å²) in [5.41, 5.74) is 2.22. The third-order valence-electron chi connectivity index (χ3n) is 3.05. The minimum absolute atomic E-state index is 0.160. The molecule has 2 aliphatic rings. The summed E-state index contributed by atoms with van der Waals surface area (Å²) in [5.74, 6) is 0.160.